The summed E-state index contributed by atoms with van der Waals surface area (Å²) < 4.78 is 68.9. The summed E-state index contributed by atoms with van der Waals surface area (Å²) in [5, 5.41) is 22.3. The molecule has 0 saturated carbocycles. The highest BCUT2D eigenvalue weighted by Crippen LogP contribution is 2.45. The second-order valence-electron chi connectivity index (χ2n) is 9.43. The molecule has 1 fully saturated rings. The minimum atomic E-state index is -4.57. The average molecular weight is 590 g/mol. The highest BCUT2D eigenvalue weighted by molar-refractivity contribution is 7.90. The number of aromatic nitrogens is 4. The molecule has 0 aliphatic carbocycles. The first kappa shape index (κ1) is 28.1. The number of rotatable bonds is 7. The molecule has 4 aromatic rings. The molecule has 1 aliphatic rings. The molecule has 1 aliphatic heterocycles. The first-order valence-electron chi connectivity index (χ1n) is 12.2. The molecule has 0 unspecified atom stereocenters. The molecule has 5 rings (SSSR count). The van der Waals surface area contributed by atoms with E-state index < -0.39 is 37.6 Å². The molecule has 3 heterocycles. The maximum atomic E-state index is 13.3. The van der Waals surface area contributed by atoms with E-state index in [9.17, 15) is 31.7 Å². The molecule has 2 N–H and O–H groups in total. The summed E-state index contributed by atoms with van der Waals surface area (Å²) in [4.78, 5) is 24.6. The van der Waals surface area contributed by atoms with Gasteiger partial charge in [-0.3, -0.25) is 10.1 Å². The summed E-state index contributed by atoms with van der Waals surface area (Å²) in [7, 11) is -3.45. The Morgan fingerprint density at radius 3 is 2.44 bits per heavy atom. The van der Waals surface area contributed by atoms with E-state index in [1.807, 2.05) is 0 Å². The molecule has 0 amide bonds. The number of anilines is 2. The second kappa shape index (κ2) is 10.5. The Labute approximate surface area is 231 Å². The monoisotopic (exact) mass is 589 g/mol. The fourth-order valence-electron chi connectivity index (χ4n) is 4.69. The molecule has 2 aromatic carbocycles. The van der Waals surface area contributed by atoms with Gasteiger partial charge in [0.05, 0.1) is 15.4 Å². The van der Waals surface area contributed by atoms with Gasteiger partial charge < -0.3 is 15.2 Å². The summed E-state index contributed by atoms with van der Waals surface area (Å²) in [6.45, 7) is 0.830. The Morgan fingerprint density at radius 1 is 1.10 bits per heavy atom. The lowest BCUT2D eigenvalue weighted by Crippen LogP contribution is -2.42. The number of hydrogen-bond acceptors (Lipinski definition) is 11. The zero-order chi connectivity index (χ0) is 29.4. The molecule has 16 heteroatoms. The van der Waals surface area contributed by atoms with Crippen LogP contribution >= 0.6 is 0 Å². The highest BCUT2D eigenvalue weighted by atomic mass is 32.2. The Hall–Kier alpha value is -4.44. The van der Waals surface area contributed by atoms with Gasteiger partial charge in [0.2, 0.25) is 17.5 Å². The number of sulfone groups is 1. The zero-order valence-corrected chi connectivity index (χ0v) is 22.2. The Balaban J connectivity index is 1.58. The fourth-order valence-corrected chi connectivity index (χ4v) is 5.32. The molecule has 2 aromatic heterocycles. The third-order valence-electron chi connectivity index (χ3n) is 6.74. The van der Waals surface area contributed by atoms with Crippen molar-refractivity contribution in [3.8, 4) is 11.4 Å². The van der Waals surface area contributed by atoms with Gasteiger partial charge in [-0.05, 0) is 62.3 Å². The maximum absolute atomic E-state index is 13.3. The van der Waals surface area contributed by atoms with Crippen molar-refractivity contribution in [1.29, 1.82) is 0 Å². The van der Waals surface area contributed by atoms with Gasteiger partial charge >= 0.3 is 11.9 Å². The fraction of sp³-hybridized carbons (Fsp3) is 0.280. The van der Waals surface area contributed by atoms with E-state index in [1.54, 1.807) is 0 Å². The predicted octanol–water partition coefficient (Wildman–Crippen LogP) is 4.27. The molecule has 0 spiro atoms. The third-order valence-corrected chi connectivity index (χ3v) is 7.87. The van der Waals surface area contributed by atoms with Gasteiger partial charge in [-0.2, -0.15) is 18.2 Å². The summed E-state index contributed by atoms with van der Waals surface area (Å²) in [5.74, 6) is -0.288. The Kier molecular flexibility index (Phi) is 7.21. The van der Waals surface area contributed by atoms with E-state index in [0.717, 1.165) is 24.7 Å². The highest BCUT2D eigenvalue weighted by Gasteiger charge is 2.48. The van der Waals surface area contributed by atoms with Gasteiger partial charge in [-0.1, -0.05) is 17.3 Å². The van der Waals surface area contributed by atoms with Gasteiger partial charge in [0.1, 0.15) is 17.4 Å². The van der Waals surface area contributed by atoms with E-state index in [0.29, 0.717) is 18.8 Å². The number of nitrogens with zero attached hydrogens (tertiary/aromatic N) is 5. The molecule has 0 bridgehead atoms. The lowest BCUT2D eigenvalue weighted by Gasteiger charge is -2.33. The number of hydrogen-bond donors (Lipinski definition) is 2. The van der Waals surface area contributed by atoms with Crippen LogP contribution in [0.3, 0.4) is 0 Å². The second-order valence-corrected chi connectivity index (χ2v) is 11.4. The number of alkyl halides is 3. The molecule has 41 heavy (non-hydrogen) atoms. The minimum Gasteiger partial charge on any atom is -0.338 e. The maximum Gasteiger partial charge on any atom is 0.416 e. The van der Waals surface area contributed by atoms with Crippen molar-refractivity contribution < 1.29 is 31.0 Å². The number of nitro groups is 1. The summed E-state index contributed by atoms with van der Waals surface area (Å²) in [6, 6.07) is 10.1. The molecule has 1 saturated heterocycles. The number of nitrogens with one attached hydrogen (secondary N) is 2. The molecular weight excluding hydrogens is 567 g/mol. The summed E-state index contributed by atoms with van der Waals surface area (Å²) >= 11 is 0. The largest absolute Gasteiger partial charge is 0.416 e. The predicted molar refractivity (Wildman–Crippen MR) is 139 cm³/mol. The lowest BCUT2D eigenvalue weighted by molar-refractivity contribution is -0.385. The molecule has 214 valence electrons. The van der Waals surface area contributed by atoms with Crippen molar-refractivity contribution in [3.05, 3.63) is 82.1 Å². The molecular formula is C25H22F3N7O5S. The van der Waals surface area contributed by atoms with E-state index in [1.165, 1.54) is 36.4 Å². The van der Waals surface area contributed by atoms with E-state index in [4.69, 9.17) is 4.52 Å². The van der Waals surface area contributed by atoms with E-state index in [-0.39, 0.29) is 46.5 Å². The van der Waals surface area contributed by atoms with Crippen LogP contribution in [0.4, 0.5) is 30.4 Å². The smallest absolute Gasteiger partial charge is 0.338 e. The van der Waals surface area contributed by atoms with E-state index in [2.05, 4.69) is 30.7 Å². The van der Waals surface area contributed by atoms with Crippen LogP contribution in [0.2, 0.25) is 0 Å². The first-order valence-corrected chi connectivity index (χ1v) is 14.1. The standard InChI is InChI=1S/C25H22F3N7O5S/c1-41(38,39)18-7-5-17(6-8-18)32-22-19(35(36)37)20(30-14-31-22)24(9-11-29-12-10-24)23-33-21(34-40-23)15-3-2-4-16(13-15)25(26,27)28/h2-8,13-14,29H,9-12H2,1H3,(H,30,31,32). The number of halogens is 3. The van der Waals surface area contributed by atoms with Crippen LogP contribution in [0.15, 0.2) is 64.3 Å². The normalized spacial score (nSPS) is 15.4. The van der Waals surface area contributed by atoms with Crippen molar-refractivity contribution in [3.63, 3.8) is 0 Å². The van der Waals surface area contributed by atoms with Gasteiger partial charge in [0.25, 0.3) is 0 Å². The quantitative estimate of drug-likeness (QED) is 0.233. The Bertz CT molecular complexity index is 1700. The van der Waals surface area contributed by atoms with E-state index >= 15 is 0 Å². The van der Waals surface area contributed by atoms with Crippen LogP contribution in [0.5, 0.6) is 0 Å². The van der Waals surface area contributed by atoms with Crippen molar-refractivity contribution in [2.45, 2.75) is 29.3 Å². The molecule has 12 nitrogen and oxygen atoms in total. The first-order chi connectivity index (χ1) is 19.4. The number of piperidine rings is 1. The SMILES string of the molecule is CS(=O)(=O)c1ccc(Nc2ncnc(C3(c4nc(-c5cccc(C(F)(F)F)c5)no4)CCNCC3)c2[N+](=O)[O-])cc1. The van der Waals surface area contributed by atoms with Gasteiger partial charge in [-0.25, -0.2) is 18.4 Å². The average Bonchev–Trinajstić information content (AvgIpc) is 3.44. The van der Waals surface area contributed by atoms with Crippen LogP contribution in [-0.2, 0) is 21.4 Å². The van der Waals surface area contributed by atoms with Crippen LogP contribution in [-0.4, -0.2) is 52.8 Å². The van der Waals surface area contributed by atoms with Gasteiger partial charge in [0.15, 0.2) is 9.84 Å². The Morgan fingerprint density at radius 2 is 1.80 bits per heavy atom. The van der Waals surface area contributed by atoms with Gasteiger partial charge in [0, 0.05) is 17.5 Å². The van der Waals surface area contributed by atoms with Crippen molar-refractivity contribution in [2.24, 2.45) is 0 Å². The van der Waals surface area contributed by atoms with Crippen molar-refractivity contribution in [2.75, 3.05) is 24.7 Å². The van der Waals surface area contributed by atoms with Crippen molar-refractivity contribution >= 4 is 27.0 Å². The van der Waals surface area contributed by atoms with Crippen LogP contribution in [0.1, 0.15) is 30.0 Å². The van der Waals surface area contributed by atoms with Crippen LogP contribution < -0.4 is 10.6 Å². The minimum absolute atomic E-state index is 0.00602. The zero-order valence-electron chi connectivity index (χ0n) is 21.3. The molecule has 0 radical (unpaired) electrons. The third kappa shape index (κ3) is 5.60. The number of benzene rings is 2. The molecule has 0 atom stereocenters. The lowest BCUT2D eigenvalue weighted by atomic mass is 9.75. The van der Waals surface area contributed by atoms with Crippen LogP contribution in [0, 0.1) is 10.1 Å². The van der Waals surface area contributed by atoms with Gasteiger partial charge in [-0.15, -0.1) is 0 Å². The topological polar surface area (TPSA) is 166 Å². The van der Waals surface area contributed by atoms with Crippen LogP contribution in [0.25, 0.3) is 11.4 Å². The summed E-state index contributed by atoms with van der Waals surface area (Å²) in [5.41, 5.74) is -2.19. The summed E-state index contributed by atoms with van der Waals surface area (Å²) in [6.07, 6.45) is -1.85. The van der Waals surface area contributed by atoms with Crippen molar-refractivity contribution in [1.82, 2.24) is 25.4 Å².